The van der Waals surface area contributed by atoms with Gasteiger partial charge in [-0.1, -0.05) is 0 Å². The molecule has 0 amide bonds. The Kier molecular flexibility index (Phi) is 4.61. The molecule has 1 saturated heterocycles. The van der Waals surface area contributed by atoms with Crippen molar-refractivity contribution >= 4 is 0 Å². The van der Waals surface area contributed by atoms with Crippen molar-refractivity contribution in [3.63, 3.8) is 0 Å². The third kappa shape index (κ3) is 3.43. The van der Waals surface area contributed by atoms with Crippen LogP contribution in [0.25, 0.3) is 0 Å². The molecule has 0 spiro atoms. The molecule has 2 aliphatic heterocycles. The number of ether oxygens (including phenoxy) is 1. The minimum atomic E-state index is -0.632. The third-order valence-electron chi connectivity index (χ3n) is 6.10. The Bertz CT molecular complexity index is 889. The van der Waals surface area contributed by atoms with Gasteiger partial charge < -0.3 is 10.5 Å². The lowest BCUT2D eigenvalue weighted by Gasteiger charge is -2.28. The molecule has 2 N–H and O–H groups in total. The van der Waals surface area contributed by atoms with Gasteiger partial charge in [-0.3, -0.25) is 4.90 Å². The summed E-state index contributed by atoms with van der Waals surface area (Å²) in [5, 5.41) is 0. The van der Waals surface area contributed by atoms with E-state index in [4.69, 9.17) is 15.5 Å². The van der Waals surface area contributed by atoms with Crippen LogP contribution in [0.3, 0.4) is 0 Å². The summed E-state index contributed by atoms with van der Waals surface area (Å²) in [6.45, 7) is 2.05. The number of nitrogens with two attached hydrogens (primary N) is 1. The number of halogens is 2. The van der Waals surface area contributed by atoms with Crippen molar-refractivity contribution in [2.45, 2.75) is 62.9 Å². The Labute approximate surface area is 162 Å². The molecule has 1 aromatic heterocycles. The lowest BCUT2D eigenvalue weighted by Crippen LogP contribution is -2.38. The van der Waals surface area contributed by atoms with Crippen molar-refractivity contribution in [1.82, 2.24) is 14.9 Å². The van der Waals surface area contributed by atoms with E-state index < -0.39 is 23.8 Å². The third-order valence-corrected chi connectivity index (χ3v) is 6.10. The van der Waals surface area contributed by atoms with Crippen molar-refractivity contribution < 1.29 is 13.5 Å². The lowest BCUT2D eigenvalue weighted by atomic mass is 9.96. The van der Waals surface area contributed by atoms with Crippen molar-refractivity contribution in [3.05, 3.63) is 58.7 Å². The van der Waals surface area contributed by atoms with Gasteiger partial charge in [-0.2, -0.15) is 0 Å². The van der Waals surface area contributed by atoms with Crippen LogP contribution >= 0.6 is 0 Å². The highest BCUT2D eigenvalue weighted by atomic mass is 19.1. The fourth-order valence-corrected chi connectivity index (χ4v) is 4.38. The van der Waals surface area contributed by atoms with Crippen LogP contribution < -0.4 is 5.73 Å². The molecule has 7 heteroatoms. The van der Waals surface area contributed by atoms with Crippen LogP contribution in [0.5, 0.6) is 0 Å². The van der Waals surface area contributed by atoms with E-state index in [2.05, 4.69) is 9.88 Å². The SMILES string of the molecule is N[C@H]1C[C@@H](N2Cc3cnc(C4CC4)nc3C2)CCO[C@@H]1c1cc(F)ccc1F. The summed E-state index contributed by atoms with van der Waals surface area (Å²) in [6, 6.07) is 3.26. The number of fused-ring (bicyclic) bond motifs is 1. The maximum absolute atomic E-state index is 14.2. The number of hydrogen-bond acceptors (Lipinski definition) is 5. The number of hydrogen-bond donors (Lipinski definition) is 1. The van der Waals surface area contributed by atoms with E-state index in [-0.39, 0.29) is 11.6 Å². The molecule has 5 rings (SSSR count). The summed E-state index contributed by atoms with van der Waals surface area (Å²) >= 11 is 0. The zero-order valence-electron chi connectivity index (χ0n) is 15.7. The lowest BCUT2D eigenvalue weighted by molar-refractivity contribution is 0.0430. The van der Waals surface area contributed by atoms with E-state index in [1.54, 1.807) is 0 Å². The number of aromatic nitrogens is 2. The molecule has 2 aromatic rings. The minimum absolute atomic E-state index is 0.206. The van der Waals surface area contributed by atoms with E-state index in [9.17, 15) is 8.78 Å². The number of benzene rings is 1. The first-order chi connectivity index (χ1) is 13.6. The van der Waals surface area contributed by atoms with Crippen LogP contribution in [0.2, 0.25) is 0 Å². The Morgan fingerprint density at radius 3 is 2.82 bits per heavy atom. The predicted molar refractivity (Wildman–Crippen MR) is 99.3 cm³/mol. The molecular formula is C21H24F2N4O. The van der Waals surface area contributed by atoms with Gasteiger partial charge in [0.25, 0.3) is 0 Å². The molecule has 2 fully saturated rings. The van der Waals surface area contributed by atoms with Crippen LogP contribution in [-0.4, -0.2) is 33.6 Å². The van der Waals surface area contributed by atoms with E-state index in [1.165, 1.54) is 24.5 Å². The van der Waals surface area contributed by atoms with Crippen molar-refractivity contribution in [2.24, 2.45) is 5.73 Å². The summed E-state index contributed by atoms with van der Waals surface area (Å²) in [5.74, 6) is 0.564. The molecule has 148 valence electrons. The molecule has 1 saturated carbocycles. The maximum atomic E-state index is 14.2. The normalized spacial score (nSPS) is 28.2. The monoisotopic (exact) mass is 386 g/mol. The molecule has 5 nitrogen and oxygen atoms in total. The van der Waals surface area contributed by atoms with Gasteiger partial charge in [0.05, 0.1) is 5.69 Å². The first kappa shape index (κ1) is 18.1. The van der Waals surface area contributed by atoms with Crippen LogP contribution in [0, 0.1) is 11.6 Å². The first-order valence-electron chi connectivity index (χ1n) is 9.99. The molecule has 3 aliphatic rings. The molecule has 0 radical (unpaired) electrons. The van der Waals surface area contributed by atoms with Crippen molar-refractivity contribution in [1.29, 1.82) is 0 Å². The minimum Gasteiger partial charge on any atom is -0.372 e. The predicted octanol–water partition coefficient (Wildman–Crippen LogP) is 3.20. The second kappa shape index (κ2) is 7.13. The van der Waals surface area contributed by atoms with Crippen LogP contribution in [0.1, 0.15) is 60.4 Å². The second-order valence-electron chi connectivity index (χ2n) is 8.18. The van der Waals surface area contributed by atoms with Gasteiger partial charge in [0.15, 0.2) is 0 Å². The standard InChI is InChI=1S/C21H24F2N4O/c22-14-3-4-17(23)16(7-14)20-18(24)8-15(5-6-28-20)27-10-13-9-25-21(12-1-2-12)26-19(13)11-27/h3-4,7,9,12,15,18,20H,1-2,5-6,8,10-11,24H2/t15-,18-,20+/m0/s1. The Morgan fingerprint density at radius 2 is 2.00 bits per heavy atom. The Balaban J connectivity index is 1.31. The second-order valence-corrected chi connectivity index (χ2v) is 8.18. The zero-order valence-corrected chi connectivity index (χ0v) is 15.7. The van der Waals surface area contributed by atoms with Crippen LogP contribution in [0.4, 0.5) is 8.78 Å². The number of rotatable bonds is 3. The summed E-state index contributed by atoms with van der Waals surface area (Å²) < 4.78 is 33.7. The molecule has 1 aromatic carbocycles. The van der Waals surface area contributed by atoms with Crippen LogP contribution in [-0.2, 0) is 17.8 Å². The Hall–Kier alpha value is -1.96. The Morgan fingerprint density at radius 1 is 1.14 bits per heavy atom. The molecule has 0 unspecified atom stereocenters. The van der Waals surface area contributed by atoms with Gasteiger partial charge in [0, 0.05) is 55.0 Å². The molecule has 0 bridgehead atoms. The summed E-state index contributed by atoms with van der Waals surface area (Å²) in [4.78, 5) is 11.7. The maximum Gasteiger partial charge on any atom is 0.131 e. The average Bonchev–Trinajstić information content (AvgIpc) is 3.47. The van der Waals surface area contributed by atoms with Gasteiger partial charge in [-0.05, 0) is 43.9 Å². The van der Waals surface area contributed by atoms with Gasteiger partial charge in [-0.25, -0.2) is 18.7 Å². The highest BCUT2D eigenvalue weighted by Gasteiger charge is 2.35. The van der Waals surface area contributed by atoms with Gasteiger partial charge >= 0.3 is 0 Å². The quantitative estimate of drug-likeness (QED) is 0.878. The van der Waals surface area contributed by atoms with Gasteiger partial charge in [0.2, 0.25) is 0 Å². The first-order valence-corrected chi connectivity index (χ1v) is 9.99. The fraction of sp³-hybridized carbons (Fsp3) is 0.524. The highest BCUT2D eigenvalue weighted by molar-refractivity contribution is 5.25. The van der Waals surface area contributed by atoms with Gasteiger partial charge in [-0.15, -0.1) is 0 Å². The molecule has 3 atom stereocenters. The van der Waals surface area contributed by atoms with E-state index >= 15 is 0 Å². The van der Waals surface area contributed by atoms with E-state index in [0.29, 0.717) is 18.9 Å². The topological polar surface area (TPSA) is 64.3 Å². The number of nitrogens with zero attached hydrogens (tertiary/aromatic N) is 3. The van der Waals surface area contributed by atoms with Crippen molar-refractivity contribution in [3.8, 4) is 0 Å². The highest BCUT2D eigenvalue weighted by Crippen LogP contribution is 2.39. The molecular weight excluding hydrogens is 362 g/mol. The fourth-order valence-electron chi connectivity index (χ4n) is 4.38. The summed E-state index contributed by atoms with van der Waals surface area (Å²) in [5.41, 5.74) is 8.89. The van der Waals surface area contributed by atoms with E-state index in [1.807, 2.05) is 6.20 Å². The average molecular weight is 386 g/mol. The molecule has 3 heterocycles. The van der Waals surface area contributed by atoms with Gasteiger partial charge in [0.1, 0.15) is 23.6 Å². The van der Waals surface area contributed by atoms with Crippen molar-refractivity contribution in [2.75, 3.05) is 6.61 Å². The molecule has 1 aliphatic carbocycles. The summed E-state index contributed by atoms with van der Waals surface area (Å²) in [7, 11) is 0. The summed E-state index contributed by atoms with van der Waals surface area (Å²) in [6.07, 6.45) is 5.18. The smallest absolute Gasteiger partial charge is 0.131 e. The van der Waals surface area contributed by atoms with E-state index in [0.717, 1.165) is 43.2 Å². The van der Waals surface area contributed by atoms with Crippen LogP contribution in [0.15, 0.2) is 24.4 Å². The zero-order chi connectivity index (χ0) is 19.3. The largest absolute Gasteiger partial charge is 0.372 e. The molecule has 28 heavy (non-hydrogen) atoms.